The fourth-order valence-corrected chi connectivity index (χ4v) is 2.56. The van der Waals surface area contributed by atoms with Gasteiger partial charge in [0.25, 0.3) is 0 Å². The molecule has 1 aliphatic carbocycles. The summed E-state index contributed by atoms with van der Waals surface area (Å²) in [6.45, 7) is 0. The van der Waals surface area contributed by atoms with Crippen molar-refractivity contribution in [2.45, 2.75) is 57.5 Å². The number of aliphatic imine (C=N–C) groups is 1. The van der Waals surface area contributed by atoms with Crippen LogP contribution in [0.2, 0.25) is 0 Å². The summed E-state index contributed by atoms with van der Waals surface area (Å²) in [5.74, 6) is 0.691. The quantitative estimate of drug-likeness (QED) is 0.642. The van der Waals surface area contributed by atoms with Gasteiger partial charge in [-0.15, -0.1) is 0 Å². The first-order valence-electron chi connectivity index (χ1n) is 6.30. The predicted molar refractivity (Wildman–Crippen MR) is 62.9 cm³/mol. The highest BCUT2D eigenvalue weighted by Crippen LogP contribution is 2.26. The molecule has 1 unspecified atom stereocenters. The summed E-state index contributed by atoms with van der Waals surface area (Å²) in [5.41, 5.74) is 0. The average Bonchev–Trinajstić information content (AvgIpc) is 2.43. The van der Waals surface area contributed by atoms with Crippen molar-refractivity contribution in [3.8, 4) is 0 Å². The lowest BCUT2D eigenvalue weighted by Crippen LogP contribution is -2.25. The van der Waals surface area contributed by atoms with Crippen LogP contribution in [0.3, 0.4) is 0 Å². The first-order valence-corrected chi connectivity index (χ1v) is 6.30. The highest BCUT2D eigenvalue weighted by molar-refractivity contribution is 5.65. The first kappa shape index (κ1) is 10.7. The molecule has 84 valence electrons. The van der Waals surface area contributed by atoms with E-state index < -0.39 is 0 Å². The van der Waals surface area contributed by atoms with E-state index in [0.717, 1.165) is 0 Å². The Balaban J connectivity index is 1.87. The molecule has 1 aliphatic heterocycles. The maximum Gasteiger partial charge on any atom is 0.136 e. The lowest BCUT2D eigenvalue weighted by atomic mass is 9.91. The molecule has 1 saturated carbocycles. The minimum Gasteiger partial charge on any atom is -0.490 e. The van der Waals surface area contributed by atoms with Crippen molar-refractivity contribution >= 4 is 6.21 Å². The van der Waals surface area contributed by atoms with Gasteiger partial charge in [0.2, 0.25) is 0 Å². The second-order valence-corrected chi connectivity index (χ2v) is 4.64. The smallest absolute Gasteiger partial charge is 0.136 e. The summed E-state index contributed by atoms with van der Waals surface area (Å²) >= 11 is 0. The molecule has 0 aromatic rings. The highest BCUT2D eigenvalue weighted by atomic mass is 16.5. The highest BCUT2D eigenvalue weighted by Gasteiger charge is 2.21. The normalized spacial score (nSPS) is 28.9. The maximum atomic E-state index is 5.62. The van der Waals surface area contributed by atoms with Crippen molar-refractivity contribution in [1.82, 2.24) is 0 Å². The Morgan fingerprint density at radius 2 is 1.60 bits per heavy atom. The van der Waals surface area contributed by atoms with Gasteiger partial charge in [-0.3, -0.25) is 4.99 Å². The molecule has 0 aromatic heterocycles. The molecule has 0 amide bonds. The van der Waals surface area contributed by atoms with E-state index in [9.17, 15) is 0 Å². The van der Waals surface area contributed by atoms with Crippen molar-refractivity contribution in [3.63, 3.8) is 0 Å². The molecule has 2 rings (SSSR count). The second kappa shape index (κ2) is 5.94. The second-order valence-electron chi connectivity index (χ2n) is 4.64. The van der Waals surface area contributed by atoms with E-state index >= 15 is 0 Å². The molecule has 2 nitrogen and oxygen atoms in total. The Labute approximate surface area is 92.4 Å². The Kier molecular flexibility index (Phi) is 4.24. The molecule has 0 N–H and O–H groups in total. The van der Waals surface area contributed by atoms with Gasteiger partial charge in [0.05, 0.1) is 6.20 Å². The first-order chi connectivity index (χ1) is 7.47. The van der Waals surface area contributed by atoms with Crippen molar-refractivity contribution in [3.05, 3.63) is 12.5 Å². The zero-order valence-corrected chi connectivity index (χ0v) is 9.40. The molecule has 2 aliphatic rings. The minimum atomic E-state index is 0.244. The average molecular weight is 207 g/mol. The molecule has 0 saturated heterocycles. The molecule has 0 aromatic carbocycles. The van der Waals surface area contributed by atoms with E-state index in [0.29, 0.717) is 5.92 Å². The van der Waals surface area contributed by atoms with Crippen molar-refractivity contribution < 1.29 is 4.74 Å². The van der Waals surface area contributed by atoms with E-state index in [1.807, 2.05) is 6.21 Å². The van der Waals surface area contributed by atoms with Gasteiger partial charge in [0.1, 0.15) is 12.4 Å². The van der Waals surface area contributed by atoms with Crippen LogP contribution in [0.25, 0.3) is 0 Å². The third-order valence-electron chi connectivity index (χ3n) is 3.48. The van der Waals surface area contributed by atoms with Gasteiger partial charge in [0.15, 0.2) is 0 Å². The summed E-state index contributed by atoms with van der Waals surface area (Å²) in [6.07, 6.45) is 16.7. The van der Waals surface area contributed by atoms with Crippen LogP contribution in [0, 0.1) is 5.92 Å². The Bertz CT molecular complexity index is 225. The zero-order valence-electron chi connectivity index (χ0n) is 9.40. The lowest BCUT2D eigenvalue weighted by molar-refractivity contribution is 0.130. The standard InChI is InChI=1S/C13H21NO/c1-2-4-6-8-12(7-5-3-1)13-11-14-9-10-15-13/h9-13H,1-8H2. The summed E-state index contributed by atoms with van der Waals surface area (Å²) in [6, 6.07) is 0. The molecule has 1 heterocycles. The fourth-order valence-electron chi connectivity index (χ4n) is 2.56. The number of hydrogen-bond acceptors (Lipinski definition) is 2. The van der Waals surface area contributed by atoms with E-state index in [1.165, 1.54) is 51.4 Å². The molecule has 2 heteroatoms. The van der Waals surface area contributed by atoms with Crippen LogP contribution in [-0.2, 0) is 4.74 Å². The number of rotatable bonds is 1. The largest absolute Gasteiger partial charge is 0.490 e. The topological polar surface area (TPSA) is 21.6 Å². The van der Waals surface area contributed by atoms with Gasteiger partial charge in [-0.25, -0.2) is 0 Å². The van der Waals surface area contributed by atoms with Crippen LogP contribution in [0.15, 0.2) is 17.5 Å². The lowest BCUT2D eigenvalue weighted by Gasteiger charge is -2.24. The summed E-state index contributed by atoms with van der Waals surface area (Å²) in [7, 11) is 0. The van der Waals surface area contributed by atoms with Gasteiger partial charge in [-0.05, 0) is 12.8 Å². The van der Waals surface area contributed by atoms with Crippen LogP contribution in [0.4, 0.5) is 0 Å². The van der Waals surface area contributed by atoms with E-state index in [-0.39, 0.29) is 6.10 Å². The third kappa shape index (κ3) is 3.37. The van der Waals surface area contributed by atoms with Gasteiger partial charge in [0, 0.05) is 12.1 Å². The van der Waals surface area contributed by atoms with Crippen LogP contribution < -0.4 is 0 Å². The summed E-state index contributed by atoms with van der Waals surface area (Å²) in [5, 5.41) is 0. The van der Waals surface area contributed by atoms with Gasteiger partial charge in [-0.2, -0.15) is 0 Å². The third-order valence-corrected chi connectivity index (χ3v) is 3.48. The van der Waals surface area contributed by atoms with Crippen LogP contribution in [-0.4, -0.2) is 12.3 Å². The van der Waals surface area contributed by atoms with Gasteiger partial charge < -0.3 is 4.74 Å². The van der Waals surface area contributed by atoms with E-state index in [2.05, 4.69) is 4.99 Å². The number of hydrogen-bond donors (Lipinski definition) is 0. The van der Waals surface area contributed by atoms with E-state index in [1.54, 1.807) is 12.5 Å². The monoisotopic (exact) mass is 207 g/mol. The Morgan fingerprint density at radius 3 is 2.20 bits per heavy atom. The van der Waals surface area contributed by atoms with Crippen LogP contribution in [0.1, 0.15) is 51.4 Å². The molecule has 15 heavy (non-hydrogen) atoms. The Morgan fingerprint density at radius 1 is 0.933 bits per heavy atom. The van der Waals surface area contributed by atoms with Crippen molar-refractivity contribution in [2.24, 2.45) is 10.9 Å². The molecule has 0 radical (unpaired) electrons. The maximum absolute atomic E-state index is 5.62. The number of ether oxygens (including phenoxy) is 1. The molecule has 1 atom stereocenters. The van der Waals surface area contributed by atoms with Gasteiger partial charge in [-0.1, -0.05) is 38.5 Å². The molecule has 0 bridgehead atoms. The zero-order chi connectivity index (χ0) is 10.3. The molecular formula is C13H21NO. The van der Waals surface area contributed by atoms with E-state index in [4.69, 9.17) is 4.74 Å². The van der Waals surface area contributed by atoms with Crippen molar-refractivity contribution in [2.75, 3.05) is 0 Å². The van der Waals surface area contributed by atoms with Crippen molar-refractivity contribution in [1.29, 1.82) is 0 Å². The summed E-state index contributed by atoms with van der Waals surface area (Å²) in [4.78, 5) is 4.18. The van der Waals surface area contributed by atoms with Crippen LogP contribution >= 0.6 is 0 Å². The molecule has 0 spiro atoms. The summed E-state index contributed by atoms with van der Waals surface area (Å²) < 4.78 is 5.62. The number of nitrogens with zero attached hydrogens (tertiary/aromatic N) is 1. The fraction of sp³-hybridized carbons (Fsp3) is 0.769. The van der Waals surface area contributed by atoms with Crippen LogP contribution in [0.5, 0.6) is 0 Å². The minimum absolute atomic E-state index is 0.244. The SMILES string of the molecule is C1=COC(C2CCCCCCCC2)C=N1. The predicted octanol–water partition coefficient (Wildman–Crippen LogP) is 3.68. The molecule has 1 fully saturated rings. The van der Waals surface area contributed by atoms with Gasteiger partial charge >= 0.3 is 0 Å². The Hall–Kier alpha value is -0.790. The molecular weight excluding hydrogens is 186 g/mol.